The summed E-state index contributed by atoms with van der Waals surface area (Å²) in [6.45, 7) is 4.01. The molecule has 0 aromatic rings. The molecule has 1 N–H and O–H groups in total. The zero-order chi connectivity index (χ0) is 14.6. The number of Topliss-reactive ketones (excluding diaryl/α,β-unsaturated/α-hetero) is 1. The first kappa shape index (κ1) is 16.9. The highest BCUT2D eigenvalue weighted by atomic mass is 32.3. The molecule has 0 radical (unpaired) electrons. The molecule has 0 amide bonds. The Morgan fingerprint density at radius 2 is 1.89 bits per heavy atom. The monoisotopic (exact) mass is 280 g/mol. The number of aldehydes is 2. The first-order valence-electron chi connectivity index (χ1n) is 5.11. The molecular weight excluding hydrogens is 264 g/mol. The molecule has 18 heavy (non-hydrogen) atoms. The lowest BCUT2D eigenvalue weighted by Gasteiger charge is -2.26. The van der Waals surface area contributed by atoms with E-state index in [4.69, 9.17) is 4.55 Å². The van der Waals surface area contributed by atoms with E-state index in [2.05, 4.69) is 4.18 Å². The fraction of sp³-hybridized carbons (Fsp3) is 0.700. The van der Waals surface area contributed by atoms with Gasteiger partial charge in [0.25, 0.3) is 0 Å². The van der Waals surface area contributed by atoms with Crippen LogP contribution in [0.2, 0.25) is 0 Å². The van der Waals surface area contributed by atoms with E-state index in [-0.39, 0.29) is 6.42 Å². The van der Waals surface area contributed by atoms with Gasteiger partial charge < -0.3 is 9.59 Å². The van der Waals surface area contributed by atoms with Gasteiger partial charge in [-0.3, -0.25) is 9.35 Å². The normalized spacial score (nSPS) is 15.8. The molecule has 2 unspecified atom stereocenters. The van der Waals surface area contributed by atoms with Gasteiger partial charge in [0.05, 0.1) is 0 Å². The van der Waals surface area contributed by atoms with Gasteiger partial charge in [0.15, 0.2) is 5.78 Å². The van der Waals surface area contributed by atoms with Crippen molar-refractivity contribution < 1.29 is 31.5 Å². The molecule has 7 nitrogen and oxygen atoms in total. The molecule has 0 spiro atoms. The smallest absolute Gasteiger partial charge is 0.303 e. The topological polar surface area (TPSA) is 115 Å². The number of carbonyl (C=O) groups excluding carboxylic acids is 3. The van der Waals surface area contributed by atoms with Crippen LogP contribution < -0.4 is 0 Å². The van der Waals surface area contributed by atoms with Crippen molar-refractivity contribution in [3.05, 3.63) is 0 Å². The Morgan fingerprint density at radius 3 is 2.17 bits per heavy atom. The Labute approximate surface area is 105 Å². The van der Waals surface area contributed by atoms with Crippen LogP contribution in [0.15, 0.2) is 0 Å². The highest BCUT2D eigenvalue weighted by Gasteiger charge is 2.34. The Hall–Kier alpha value is -1.12. The minimum absolute atomic E-state index is 0.301. The van der Waals surface area contributed by atoms with Crippen LogP contribution in [-0.2, 0) is 29.0 Å². The third kappa shape index (κ3) is 5.48. The third-order valence-electron chi connectivity index (χ3n) is 2.58. The van der Waals surface area contributed by atoms with Crippen LogP contribution in [0.25, 0.3) is 0 Å². The fourth-order valence-corrected chi connectivity index (χ4v) is 1.78. The fourth-order valence-electron chi connectivity index (χ4n) is 1.27. The van der Waals surface area contributed by atoms with Gasteiger partial charge in [-0.2, -0.15) is 8.42 Å². The van der Waals surface area contributed by atoms with Crippen molar-refractivity contribution in [1.29, 1.82) is 0 Å². The van der Waals surface area contributed by atoms with E-state index >= 15 is 0 Å². The number of hydrogen-bond acceptors (Lipinski definition) is 6. The Morgan fingerprint density at radius 1 is 1.39 bits per heavy atom. The van der Waals surface area contributed by atoms with Gasteiger partial charge >= 0.3 is 10.4 Å². The first-order valence-corrected chi connectivity index (χ1v) is 6.47. The molecule has 8 heteroatoms. The molecule has 0 aromatic heterocycles. The van der Waals surface area contributed by atoms with Crippen molar-refractivity contribution in [2.75, 3.05) is 0 Å². The van der Waals surface area contributed by atoms with E-state index in [1.165, 1.54) is 13.8 Å². The molecule has 0 aliphatic rings. The molecule has 104 valence electrons. The van der Waals surface area contributed by atoms with Crippen LogP contribution in [0.1, 0.15) is 27.2 Å². The van der Waals surface area contributed by atoms with Crippen LogP contribution in [0.5, 0.6) is 0 Å². The van der Waals surface area contributed by atoms with E-state index in [0.717, 1.165) is 6.92 Å². The zero-order valence-corrected chi connectivity index (χ0v) is 11.1. The number of rotatable bonds is 8. The predicted octanol–water partition coefficient (Wildman–Crippen LogP) is 0.194. The second-order valence-electron chi connectivity index (χ2n) is 4.54. The Balaban J connectivity index is 5.03. The third-order valence-corrected chi connectivity index (χ3v) is 3.06. The molecule has 0 bridgehead atoms. The van der Waals surface area contributed by atoms with Crippen molar-refractivity contribution in [2.45, 2.75) is 33.3 Å². The van der Waals surface area contributed by atoms with Gasteiger partial charge in [-0.1, -0.05) is 13.8 Å². The second kappa shape index (κ2) is 6.17. The molecule has 0 heterocycles. The van der Waals surface area contributed by atoms with Crippen molar-refractivity contribution in [3.8, 4) is 0 Å². The molecule has 0 rings (SSSR count). The second-order valence-corrected chi connectivity index (χ2v) is 5.59. The van der Waals surface area contributed by atoms with Crippen LogP contribution >= 0.6 is 0 Å². The molecular formula is C10H16O7S. The van der Waals surface area contributed by atoms with Crippen LogP contribution in [0.4, 0.5) is 0 Å². The molecule has 0 aromatic carbocycles. The van der Waals surface area contributed by atoms with E-state index in [9.17, 15) is 22.8 Å². The molecule has 0 aliphatic heterocycles. The van der Waals surface area contributed by atoms with Gasteiger partial charge in [0.1, 0.15) is 18.7 Å². The van der Waals surface area contributed by atoms with Gasteiger partial charge in [0.2, 0.25) is 0 Å². The van der Waals surface area contributed by atoms with E-state index < -0.39 is 33.6 Å². The summed E-state index contributed by atoms with van der Waals surface area (Å²) >= 11 is 0. The minimum Gasteiger partial charge on any atom is -0.303 e. The molecule has 0 fully saturated rings. The largest absolute Gasteiger partial charge is 0.398 e. The number of ketones is 1. The lowest BCUT2D eigenvalue weighted by atomic mass is 9.77. The van der Waals surface area contributed by atoms with Gasteiger partial charge in [0, 0.05) is 11.3 Å². The van der Waals surface area contributed by atoms with E-state index in [1.54, 1.807) is 0 Å². The maximum atomic E-state index is 11.2. The van der Waals surface area contributed by atoms with E-state index in [1.807, 2.05) is 0 Å². The SMILES string of the molecule is CC(=O)C(CC(C=O)C(C)(C)C=O)OS(=O)(=O)O. The summed E-state index contributed by atoms with van der Waals surface area (Å²) in [6, 6.07) is 0. The highest BCUT2D eigenvalue weighted by molar-refractivity contribution is 7.80. The first-order chi connectivity index (χ1) is 8.03. The summed E-state index contributed by atoms with van der Waals surface area (Å²) in [4.78, 5) is 32.9. The molecule has 0 saturated carbocycles. The minimum atomic E-state index is -4.80. The number of carbonyl (C=O) groups is 3. The maximum absolute atomic E-state index is 11.2. The lowest BCUT2D eigenvalue weighted by Crippen LogP contribution is -2.35. The van der Waals surface area contributed by atoms with Crippen molar-refractivity contribution in [1.82, 2.24) is 0 Å². The summed E-state index contributed by atoms with van der Waals surface area (Å²) in [6.07, 6.45) is -0.798. The summed E-state index contributed by atoms with van der Waals surface area (Å²) in [5, 5.41) is 0. The Kier molecular flexibility index (Phi) is 5.78. The van der Waals surface area contributed by atoms with Crippen LogP contribution in [0, 0.1) is 11.3 Å². The zero-order valence-electron chi connectivity index (χ0n) is 10.3. The Bertz CT molecular complexity index is 424. The summed E-state index contributed by atoms with van der Waals surface area (Å²) in [7, 11) is -4.80. The standard InChI is InChI=1S/C10H16O7S/c1-7(13)9(17-18(14,15)16)4-8(5-11)10(2,3)6-12/h5-6,8-9H,4H2,1-3H3,(H,14,15,16). The molecule has 2 atom stereocenters. The van der Waals surface area contributed by atoms with Crippen molar-refractivity contribution in [2.24, 2.45) is 11.3 Å². The van der Waals surface area contributed by atoms with Gasteiger partial charge in [-0.05, 0) is 13.3 Å². The van der Waals surface area contributed by atoms with Crippen molar-refractivity contribution in [3.63, 3.8) is 0 Å². The maximum Gasteiger partial charge on any atom is 0.398 e. The molecule has 0 aliphatic carbocycles. The van der Waals surface area contributed by atoms with Crippen molar-refractivity contribution >= 4 is 28.8 Å². The summed E-state index contributed by atoms with van der Waals surface area (Å²) in [5.74, 6) is -1.56. The van der Waals surface area contributed by atoms with Gasteiger partial charge in [-0.15, -0.1) is 0 Å². The average Bonchev–Trinajstić information content (AvgIpc) is 2.21. The van der Waals surface area contributed by atoms with E-state index in [0.29, 0.717) is 12.6 Å². The highest BCUT2D eigenvalue weighted by Crippen LogP contribution is 2.28. The van der Waals surface area contributed by atoms with Gasteiger partial charge in [-0.25, -0.2) is 4.18 Å². The summed E-state index contributed by atoms with van der Waals surface area (Å²) in [5.41, 5.74) is -1.06. The summed E-state index contributed by atoms with van der Waals surface area (Å²) < 4.78 is 33.8. The van der Waals surface area contributed by atoms with Crippen LogP contribution in [-0.4, -0.2) is 37.4 Å². The predicted molar refractivity (Wildman–Crippen MR) is 61.1 cm³/mol. The molecule has 0 saturated heterocycles. The quantitative estimate of drug-likeness (QED) is 0.498. The average molecular weight is 280 g/mol. The number of hydrogen-bond donors (Lipinski definition) is 1. The van der Waals surface area contributed by atoms with Crippen LogP contribution in [0.3, 0.4) is 0 Å². The lowest BCUT2D eigenvalue weighted by molar-refractivity contribution is -0.129.